The lowest BCUT2D eigenvalue weighted by Crippen LogP contribution is -2.38. The molecule has 0 N–H and O–H groups in total. The van der Waals surface area contributed by atoms with E-state index >= 15 is 0 Å². The van der Waals surface area contributed by atoms with Crippen molar-refractivity contribution in [1.29, 1.82) is 0 Å². The van der Waals surface area contributed by atoms with Crippen molar-refractivity contribution in [2.45, 2.75) is 25.7 Å². The summed E-state index contributed by atoms with van der Waals surface area (Å²) in [6.45, 7) is 1.89. The summed E-state index contributed by atoms with van der Waals surface area (Å²) in [6, 6.07) is 15.6. The van der Waals surface area contributed by atoms with Gasteiger partial charge in [0.1, 0.15) is 11.5 Å². The molecule has 0 saturated carbocycles. The van der Waals surface area contributed by atoms with E-state index in [0.29, 0.717) is 17.7 Å². The normalized spacial score (nSPS) is 17.6. The van der Waals surface area contributed by atoms with Gasteiger partial charge in [0.15, 0.2) is 0 Å². The van der Waals surface area contributed by atoms with Crippen LogP contribution >= 0.6 is 0 Å². The molecule has 1 saturated heterocycles. The molecule has 0 radical (unpaired) electrons. The fourth-order valence-electron chi connectivity index (χ4n) is 3.93. The molecule has 0 aromatic heterocycles. The molecule has 0 spiro atoms. The number of rotatable bonds is 5. The van der Waals surface area contributed by atoms with Crippen LogP contribution in [0.3, 0.4) is 0 Å². The van der Waals surface area contributed by atoms with Crippen LogP contribution in [0.25, 0.3) is 5.57 Å². The maximum Gasteiger partial charge on any atom is 0.277 e. The van der Waals surface area contributed by atoms with Crippen LogP contribution in [0.15, 0.2) is 60.3 Å². The first-order valence-electron chi connectivity index (χ1n) is 9.80. The fraction of sp³-hybridized carbons (Fsp3) is 0.304. The molecule has 144 valence electrons. The summed E-state index contributed by atoms with van der Waals surface area (Å²) in [5.74, 6) is -0.746. The van der Waals surface area contributed by atoms with Crippen LogP contribution in [0.4, 0.5) is 4.39 Å². The highest BCUT2D eigenvalue weighted by Crippen LogP contribution is 2.33. The van der Waals surface area contributed by atoms with Crippen molar-refractivity contribution in [1.82, 2.24) is 9.80 Å². The van der Waals surface area contributed by atoms with Gasteiger partial charge in [-0.15, -0.1) is 0 Å². The van der Waals surface area contributed by atoms with Gasteiger partial charge < -0.3 is 4.90 Å². The number of hydrogen-bond donors (Lipinski definition) is 0. The third-order valence-electron chi connectivity index (χ3n) is 5.42. The minimum absolute atomic E-state index is 0.215. The highest BCUT2D eigenvalue weighted by molar-refractivity contribution is 6.35. The number of carbonyl (C=O) groups is 2. The topological polar surface area (TPSA) is 40.6 Å². The maximum atomic E-state index is 13.2. The summed E-state index contributed by atoms with van der Waals surface area (Å²) >= 11 is 0. The van der Waals surface area contributed by atoms with Gasteiger partial charge in [-0.2, -0.15) is 0 Å². The van der Waals surface area contributed by atoms with Gasteiger partial charge in [-0.25, -0.2) is 4.39 Å². The van der Waals surface area contributed by atoms with Gasteiger partial charge in [-0.05, 0) is 48.9 Å². The molecule has 0 unspecified atom stereocenters. The first-order chi connectivity index (χ1) is 13.6. The molecule has 2 aliphatic heterocycles. The molecule has 4 nitrogen and oxygen atoms in total. The molecule has 2 heterocycles. The maximum absolute atomic E-state index is 13.2. The molecule has 2 aliphatic rings. The Bertz CT molecular complexity index is 900. The minimum atomic E-state index is -0.294. The van der Waals surface area contributed by atoms with Crippen LogP contribution in [0.1, 0.15) is 30.4 Å². The molecule has 0 aliphatic carbocycles. The Morgan fingerprint density at radius 3 is 2.18 bits per heavy atom. The molecule has 2 aromatic rings. The quantitative estimate of drug-likeness (QED) is 0.746. The number of nitrogens with zero attached hydrogens (tertiary/aromatic N) is 2. The van der Waals surface area contributed by atoms with Crippen LogP contribution in [-0.2, 0) is 16.0 Å². The van der Waals surface area contributed by atoms with E-state index < -0.39 is 0 Å². The van der Waals surface area contributed by atoms with Gasteiger partial charge in [0.25, 0.3) is 11.8 Å². The Kier molecular flexibility index (Phi) is 5.24. The van der Waals surface area contributed by atoms with E-state index in [0.717, 1.165) is 43.5 Å². The van der Waals surface area contributed by atoms with Gasteiger partial charge in [-0.1, -0.05) is 42.5 Å². The Morgan fingerprint density at radius 1 is 0.821 bits per heavy atom. The summed E-state index contributed by atoms with van der Waals surface area (Å²) in [5, 5.41) is 0. The number of halogens is 1. The summed E-state index contributed by atoms with van der Waals surface area (Å²) < 4.78 is 13.1. The number of hydrogen-bond acceptors (Lipinski definition) is 3. The van der Waals surface area contributed by atoms with E-state index in [4.69, 9.17) is 0 Å². The monoisotopic (exact) mass is 378 g/mol. The predicted molar refractivity (Wildman–Crippen MR) is 106 cm³/mol. The minimum Gasteiger partial charge on any atom is -0.366 e. The van der Waals surface area contributed by atoms with Gasteiger partial charge in [-0.3, -0.25) is 14.5 Å². The average molecular weight is 378 g/mol. The van der Waals surface area contributed by atoms with Crippen molar-refractivity contribution < 1.29 is 14.0 Å². The Morgan fingerprint density at radius 2 is 1.50 bits per heavy atom. The Labute approximate surface area is 164 Å². The van der Waals surface area contributed by atoms with Crippen LogP contribution in [0, 0.1) is 5.82 Å². The smallest absolute Gasteiger partial charge is 0.277 e. The van der Waals surface area contributed by atoms with E-state index in [2.05, 4.69) is 4.90 Å². The lowest BCUT2D eigenvalue weighted by atomic mass is 10.0. The van der Waals surface area contributed by atoms with Crippen LogP contribution in [-0.4, -0.2) is 41.2 Å². The van der Waals surface area contributed by atoms with Crippen molar-refractivity contribution in [3.05, 3.63) is 77.2 Å². The van der Waals surface area contributed by atoms with Gasteiger partial charge >= 0.3 is 0 Å². The Balaban J connectivity index is 1.62. The van der Waals surface area contributed by atoms with E-state index in [-0.39, 0.29) is 24.2 Å². The molecular formula is C23H23FN2O2. The number of piperidine rings is 1. The highest BCUT2D eigenvalue weighted by atomic mass is 19.1. The fourth-order valence-corrected chi connectivity index (χ4v) is 3.93. The number of carbonyl (C=O) groups excluding carboxylic acids is 2. The van der Waals surface area contributed by atoms with Crippen LogP contribution in [0.2, 0.25) is 0 Å². The zero-order valence-electron chi connectivity index (χ0n) is 15.7. The number of likely N-dealkylation sites (tertiary alicyclic amines) is 1. The molecular weight excluding hydrogens is 355 g/mol. The first-order valence-corrected chi connectivity index (χ1v) is 9.80. The standard InChI is InChI=1S/C23H23FN2O2/c24-19-11-9-17(10-12-19)13-16-26-22(27)20(18-7-3-1-4-8-18)21(23(26)28)25-14-5-2-6-15-25/h1,3-4,7-12H,2,5-6,13-16H2. The summed E-state index contributed by atoms with van der Waals surface area (Å²) in [7, 11) is 0. The molecule has 0 bridgehead atoms. The molecule has 0 atom stereocenters. The van der Waals surface area contributed by atoms with E-state index in [1.54, 1.807) is 12.1 Å². The number of imide groups is 1. The molecule has 2 aromatic carbocycles. The molecule has 2 amide bonds. The number of amides is 2. The van der Waals surface area contributed by atoms with Gasteiger partial charge in [0.2, 0.25) is 0 Å². The highest BCUT2D eigenvalue weighted by Gasteiger charge is 2.41. The van der Waals surface area contributed by atoms with Crippen LogP contribution in [0.5, 0.6) is 0 Å². The van der Waals surface area contributed by atoms with Gasteiger partial charge in [0, 0.05) is 19.6 Å². The van der Waals surface area contributed by atoms with Crippen molar-refractivity contribution >= 4 is 17.4 Å². The second-order valence-corrected chi connectivity index (χ2v) is 7.28. The second-order valence-electron chi connectivity index (χ2n) is 7.28. The molecule has 5 heteroatoms. The van der Waals surface area contributed by atoms with E-state index in [1.807, 2.05) is 30.3 Å². The first kappa shape index (κ1) is 18.4. The SMILES string of the molecule is O=C1C(c2ccccc2)=C(N2CCCCC2)C(=O)N1CCc1ccc(F)cc1. The summed E-state index contributed by atoms with van der Waals surface area (Å²) in [4.78, 5) is 29.8. The van der Waals surface area contributed by atoms with E-state index in [1.165, 1.54) is 17.0 Å². The van der Waals surface area contributed by atoms with Crippen molar-refractivity contribution in [3.8, 4) is 0 Å². The van der Waals surface area contributed by atoms with Gasteiger partial charge in [0.05, 0.1) is 5.57 Å². The second kappa shape index (κ2) is 7.97. The predicted octanol–water partition coefficient (Wildman–Crippen LogP) is 3.63. The van der Waals surface area contributed by atoms with Crippen LogP contribution < -0.4 is 0 Å². The van der Waals surface area contributed by atoms with Crippen molar-refractivity contribution in [2.75, 3.05) is 19.6 Å². The number of benzene rings is 2. The molecule has 1 fully saturated rings. The van der Waals surface area contributed by atoms with Crippen molar-refractivity contribution in [3.63, 3.8) is 0 Å². The van der Waals surface area contributed by atoms with E-state index in [9.17, 15) is 14.0 Å². The summed E-state index contributed by atoms with van der Waals surface area (Å²) in [6.07, 6.45) is 3.72. The largest absolute Gasteiger partial charge is 0.366 e. The molecule has 4 rings (SSSR count). The average Bonchev–Trinajstić information content (AvgIpc) is 2.99. The lowest BCUT2D eigenvalue weighted by molar-refractivity contribution is -0.137. The zero-order valence-corrected chi connectivity index (χ0v) is 15.7. The lowest BCUT2D eigenvalue weighted by Gasteiger charge is -2.29. The third-order valence-corrected chi connectivity index (χ3v) is 5.42. The zero-order chi connectivity index (χ0) is 19.5. The summed E-state index contributed by atoms with van der Waals surface area (Å²) in [5.41, 5.74) is 2.72. The third kappa shape index (κ3) is 3.57. The van der Waals surface area contributed by atoms with Crippen molar-refractivity contribution in [2.24, 2.45) is 0 Å². The molecule has 28 heavy (non-hydrogen) atoms. The Hall–Kier alpha value is -2.95.